The van der Waals surface area contributed by atoms with E-state index in [1.54, 1.807) is 6.07 Å². The number of rotatable bonds is 5. The lowest BCUT2D eigenvalue weighted by atomic mass is 10.0. The second kappa shape index (κ2) is 4.88. The molecular weight excluding hydrogens is 198 g/mol. The predicted octanol–water partition coefficient (Wildman–Crippen LogP) is 3.23. The van der Waals surface area contributed by atoms with Crippen molar-refractivity contribution in [1.82, 2.24) is 5.32 Å². The van der Waals surface area contributed by atoms with E-state index in [4.69, 9.17) is 0 Å². The molecule has 2 nitrogen and oxygen atoms in total. The van der Waals surface area contributed by atoms with Gasteiger partial charge in [0.1, 0.15) is 5.75 Å². The Bertz CT molecular complexity index is 346. The molecule has 0 spiro atoms. The third-order valence-electron chi connectivity index (χ3n) is 3.51. The Morgan fingerprint density at radius 1 is 1.38 bits per heavy atom. The molecule has 0 aromatic heterocycles. The molecule has 16 heavy (non-hydrogen) atoms. The van der Waals surface area contributed by atoms with Gasteiger partial charge in [-0.1, -0.05) is 25.1 Å². The second-order valence-corrected chi connectivity index (χ2v) is 4.81. The van der Waals surface area contributed by atoms with Crippen LogP contribution in [-0.2, 0) is 0 Å². The molecule has 2 heteroatoms. The molecule has 0 bridgehead atoms. The van der Waals surface area contributed by atoms with E-state index in [1.807, 2.05) is 18.2 Å². The van der Waals surface area contributed by atoms with Crippen molar-refractivity contribution in [3.63, 3.8) is 0 Å². The molecule has 2 atom stereocenters. The maximum Gasteiger partial charge on any atom is 0.120 e. The number of para-hydroxylation sites is 1. The maximum atomic E-state index is 9.84. The van der Waals surface area contributed by atoms with Crippen LogP contribution in [0, 0.1) is 5.92 Å². The normalized spacial score (nSPS) is 19.4. The first kappa shape index (κ1) is 11.5. The Balaban J connectivity index is 2.06. The van der Waals surface area contributed by atoms with Crippen LogP contribution in [0.5, 0.6) is 5.75 Å². The van der Waals surface area contributed by atoms with Crippen molar-refractivity contribution in [2.24, 2.45) is 5.92 Å². The van der Waals surface area contributed by atoms with Gasteiger partial charge in [0.25, 0.3) is 0 Å². The van der Waals surface area contributed by atoms with E-state index in [2.05, 4.69) is 19.2 Å². The molecule has 0 amide bonds. The van der Waals surface area contributed by atoms with E-state index in [9.17, 15) is 5.11 Å². The fraction of sp³-hybridized carbons (Fsp3) is 0.571. The summed E-state index contributed by atoms with van der Waals surface area (Å²) >= 11 is 0. The minimum absolute atomic E-state index is 0.275. The van der Waals surface area contributed by atoms with E-state index in [-0.39, 0.29) is 6.04 Å². The van der Waals surface area contributed by atoms with Crippen molar-refractivity contribution in [3.8, 4) is 5.75 Å². The molecule has 2 unspecified atom stereocenters. The number of hydrogen-bond acceptors (Lipinski definition) is 2. The summed E-state index contributed by atoms with van der Waals surface area (Å²) in [5.41, 5.74) is 1.03. The van der Waals surface area contributed by atoms with Gasteiger partial charge in [0, 0.05) is 17.6 Å². The van der Waals surface area contributed by atoms with Crippen LogP contribution in [-0.4, -0.2) is 11.1 Å². The summed E-state index contributed by atoms with van der Waals surface area (Å²) in [5.74, 6) is 1.25. The van der Waals surface area contributed by atoms with Crippen molar-refractivity contribution in [2.45, 2.75) is 45.2 Å². The predicted molar refractivity (Wildman–Crippen MR) is 66.5 cm³/mol. The molecule has 0 heterocycles. The van der Waals surface area contributed by atoms with Gasteiger partial charge < -0.3 is 10.4 Å². The van der Waals surface area contributed by atoms with E-state index in [1.165, 1.54) is 12.8 Å². The summed E-state index contributed by atoms with van der Waals surface area (Å²) in [4.78, 5) is 0. The van der Waals surface area contributed by atoms with E-state index in [0.717, 1.165) is 17.9 Å². The molecule has 1 aromatic carbocycles. The molecule has 1 aliphatic rings. The Morgan fingerprint density at radius 3 is 2.62 bits per heavy atom. The van der Waals surface area contributed by atoms with E-state index >= 15 is 0 Å². The molecule has 1 aliphatic carbocycles. The van der Waals surface area contributed by atoms with Gasteiger partial charge in [0.05, 0.1) is 0 Å². The first-order valence-corrected chi connectivity index (χ1v) is 6.26. The van der Waals surface area contributed by atoms with Gasteiger partial charge >= 0.3 is 0 Å². The molecule has 0 saturated heterocycles. The Morgan fingerprint density at radius 2 is 2.06 bits per heavy atom. The SMILES string of the molecule is CCC(NC(C)C1CC1)c1ccccc1O. The fourth-order valence-electron chi connectivity index (χ4n) is 2.26. The van der Waals surface area contributed by atoms with Gasteiger partial charge in [-0.15, -0.1) is 0 Å². The Hall–Kier alpha value is -1.02. The lowest BCUT2D eigenvalue weighted by molar-refractivity contribution is 0.395. The summed E-state index contributed by atoms with van der Waals surface area (Å²) in [6, 6.07) is 8.47. The molecule has 2 N–H and O–H groups in total. The van der Waals surface area contributed by atoms with Gasteiger partial charge in [-0.25, -0.2) is 0 Å². The van der Waals surface area contributed by atoms with Gasteiger partial charge in [-0.3, -0.25) is 0 Å². The standard InChI is InChI=1S/C14H21NO/c1-3-13(15-10(2)11-8-9-11)12-6-4-5-7-14(12)16/h4-7,10-11,13,15-16H,3,8-9H2,1-2H3. The van der Waals surface area contributed by atoms with Crippen LogP contribution in [0.4, 0.5) is 0 Å². The summed E-state index contributed by atoms with van der Waals surface area (Å²) < 4.78 is 0. The van der Waals surface area contributed by atoms with Crippen LogP contribution < -0.4 is 5.32 Å². The molecule has 2 rings (SSSR count). The third-order valence-corrected chi connectivity index (χ3v) is 3.51. The fourth-order valence-corrected chi connectivity index (χ4v) is 2.26. The van der Waals surface area contributed by atoms with E-state index in [0.29, 0.717) is 11.8 Å². The maximum absolute atomic E-state index is 9.84. The van der Waals surface area contributed by atoms with Crippen molar-refractivity contribution >= 4 is 0 Å². The smallest absolute Gasteiger partial charge is 0.120 e. The molecular formula is C14H21NO. The van der Waals surface area contributed by atoms with Gasteiger partial charge in [0.15, 0.2) is 0 Å². The third kappa shape index (κ3) is 2.56. The number of hydrogen-bond donors (Lipinski definition) is 2. The quantitative estimate of drug-likeness (QED) is 0.797. The van der Waals surface area contributed by atoms with Gasteiger partial charge in [-0.05, 0) is 38.2 Å². The van der Waals surface area contributed by atoms with Crippen LogP contribution in [0.3, 0.4) is 0 Å². The molecule has 0 radical (unpaired) electrons. The lowest BCUT2D eigenvalue weighted by Gasteiger charge is -2.23. The lowest BCUT2D eigenvalue weighted by Crippen LogP contribution is -2.31. The largest absolute Gasteiger partial charge is 0.508 e. The van der Waals surface area contributed by atoms with Crippen molar-refractivity contribution in [3.05, 3.63) is 29.8 Å². The minimum Gasteiger partial charge on any atom is -0.508 e. The number of phenols is 1. The second-order valence-electron chi connectivity index (χ2n) is 4.81. The summed E-state index contributed by atoms with van der Waals surface area (Å²) in [5, 5.41) is 13.5. The van der Waals surface area contributed by atoms with Gasteiger partial charge in [0.2, 0.25) is 0 Å². The molecule has 0 aliphatic heterocycles. The highest BCUT2D eigenvalue weighted by Crippen LogP contribution is 2.34. The Labute approximate surface area is 97.7 Å². The first-order chi connectivity index (χ1) is 7.72. The highest BCUT2D eigenvalue weighted by Gasteiger charge is 2.29. The highest BCUT2D eigenvalue weighted by atomic mass is 16.3. The minimum atomic E-state index is 0.275. The average molecular weight is 219 g/mol. The number of phenolic OH excluding ortho intramolecular Hbond substituents is 1. The number of aromatic hydroxyl groups is 1. The topological polar surface area (TPSA) is 32.3 Å². The first-order valence-electron chi connectivity index (χ1n) is 6.26. The molecule has 1 fully saturated rings. The summed E-state index contributed by atoms with van der Waals surface area (Å²) in [6.45, 7) is 4.41. The zero-order valence-electron chi connectivity index (χ0n) is 10.1. The zero-order valence-corrected chi connectivity index (χ0v) is 10.1. The van der Waals surface area contributed by atoms with Crippen molar-refractivity contribution < 1.29 is 5.11 Å². The molecule has 1 saturated carbocycles. The molecule has 88 valence electrons. The van der Waals surface area contributed by atoms with Crippen LogP contribution >= 0.6 is 0 Å². The van der Waals surface area contributed by atoms with Crippen LogP contribution in [0.15, 0.2) is 24.3 Å². The van der Waals surface area contributed by atoms with Crippen LogP contribution in [0.2, 0.25) is 0 Å². The highest BCUT2D eigenvalue weighted by molar-refractivity contribution is 5.34. The summed E-state index contributed by atoms with van der Waals surface area (Å²) in [7, 11) is 0. The zero-order chi connectivity index (χ0) is 11.5. The average Bonchev–Trinajstić information content (AvgIpc) is 3.10. The number of nitrogens with one attached hydrogen (secondary N) is 1. The Kier molecular flexibility index (Phi) is 3.49. The van der Waals surface area contributed by atoms with Crippen molar-refractivity contribution in [1.29, 1.82) is 0 Å². The van der Waals surface area contributed by atoms with Crippen LogP contribution in [0.25, 0.3) is 0 Å². The monoisotopic (exact) mass is 219 g/mol. The van der Waals surface area contributed by atoms with Gasteiger partial charge in [-0.2, -0.15) is 0 Å². The van der Waals surface area contributed by atoms with E-state index < -0.39 is 0 Å². The van der Waals surface area contributed by atoms with Crippen LogP contribution in [0.1, 0.15) is 44.7 Å². The number of benzene rings is 1. The molecule has 1 aromatic rings. The van der Waals surface area contributed by atoms with Crippen molar-refractivity contribution in [2.75, 3.05) is 0 Å². The summed E-state index contributed by atoms with van der Waals surface area (Å²) in [6.07, 6.45) is 3.71.